The molecule has 0 amide bonds. The number of methoxy groups -OCH3 is 1. The molecule has 1 N–H and O–H groups in total. The molecule has 0 bridgehead atoms. The highest BCUT2D eigenvalue weighted by Crippen LogP contribution is 2.32. The maximum Gasteiger partial charge on any atom is 0.211 e. The van der Waals surface area contributed by atoms with Gasteiger partial charge in [-0.15, -0.1) is 0 Å². The third-order valence-electron chi connectivity index (χ3n) is 5.62. The summed E-state index contributed by atoms with van der Waals surface area (Å²) in [4.78, 5) is 0. The SMILES string of the molecule is COc1ccc(-c2cc(Nc3cccc4c3CCN(S(C)(=O)=O)C4)ccc2C)cc1. The molecule has 4 rings (SSSR count). The molecule has 0 saturated heterocycles. The van der Waals surface area contributed by atoms with Crippen LogP contribution < -0.4 is 10.1 Å². The van der Waals surface area contributed by atoms with E-state index >= 15 is 0 Å². The molecule has 156 valence electrons. The van der Waals surface area contributed by atoms with Crippen LogP contribution in [0.25, 0.3) is 11.1 Å². The van der Waals surface area contributed by atoms with Crippen molar-refractivity contribution in [3.05, 3.63) is 77.4 Å². The molecule has 1 aliphatic heterocycles. The summed E-state index contributed by atoms with van der Waals surface area (Å²) in [5.74, 6) is 0.838. The lowest BCUT2D eigenvalue weighted by molar-refractivity contribution is 0.395. The summed E-state index contributed by atoms with van der Waals surface area (Å²) in [5.41, 5.74) is 7.77. The van der Waals surface area contributed by atoms with Crippen LogP contribution in [0.1, 0.15) is 16.7 Å². The van der Waals surface area contributed by atoms with Gasteiger partial charge in [0.1, 0.15) is 5.75 Å². The first-order chi connectivity index (χ1) is 14.3. The average Bonchev–Trinajstić information content (AvgIpc) is 2.74. The lowest BCUT2D eigenvalue weighted by Gasteiger charge is -2.28. The Labute approximate surface area is 178 Å². The standard InChI is InChI=1S/C24H26N2O3S/c1-17-7-10-20(15-23(17)18-8-11-21(29-2)12-9-18)25-24-6-4-5-19-16-26(30(3,27)28)14-13-22(19)24/h4-12,15,25H,13-14,16H2,1-3H3. The Bertz CT molecular complexity index is 1170. The summed E-state index contributed by atoms with van der Waals surface area (Å²) in [6.07, 6.45) is 1.97. The monoisotopic (exact) mass is 422 g/mol. The molecule has 0 unspecified atom stereocenters. The van der Waals surface area contributed by atoms with Gasteiger partial charge in [0.05, 0.1) is 13.4 Å². The topological polar surface area (TPSA) is 58.6 Å². The predicted octanol–water partition coefficient (Wildman–Crippen LogP) is 4.73. The maximum absolute atomic E-state index is 11.9. The first kappa shape index (κ1) is 20.4. The molecular weight excluding hydrogens is 396 g/mol. The smallest absolute Gasteiger partial charge is 0.211 e. The van der Waals surface area contributed by atoms with Crippen molar-refractivity contribution in [1.29, 1.82) is 0 Å². The number of benzene rings is 3. The maximum atomic E-state index is 11.9. The van der Waals surface area contributed by atoms with E-state index in [1.807, 2.05) is 24.3 Å². The fourth-order valence-electron chi connectivity index (χ4n) is 3.92. The molecule has 6 heteroatoms. The number of nitrogens with one attached hydrogen (secondary N) is 1. The van der Waals surface area contributed by atoms with Gasteiger partial charge in [-0.2, -0.15) is 4.31 Å². The number of hydrogen-bond acceptors (Lipinski definition) is 4. The van der Waals surface area contributed by atoms with Crippen LogP contribution in [0.3, 0.4) is 0 Å². The van der Waals surface area contributed by atoms with Crippen molar-refractivity contribution in [1.82, 2.24) is 4.31 Å². The van der Waals surface area contributed by atoms with E-state index in [1.54, 1.807) is 7.11 Å². The summed E-state index contributed by atoms with van der Waals surface area (Å²) in [7, 11) is -1.52. The third kappa shape index (κ3) is 4.20. The minimum absolute atomic E-state index is 0.425. The molecule has 1 aliphatic rings. The Morgan fingerprint density at radius 1 is 1.03 bits per heavy atom. The zero-order valence-corrected chi connectivity index (χ0v) is 18.3. The Balaban J connectivity index is 1.63. The van der Waals surface area contributed by atoms with Crippen LogP contribution in [-0.4, -0.2) is 32.6 Å². The molecule has 0 saturated carbocycles. The van der Waals surface area contributed by atoms with Gasteiger partial charge in [0.2, 0.25) is 10.0 Å². The van der Waals surface area contributed by atoms with Crippen molar-refractivity contribution in [2.45, 2.75) is 19.9 Å². The van der Waals surface area contributed by atoms with E-state index in [1.165, 1.54) is 21.7 Å². The molecule has 1 heterocycles. The Morgan fingerprint density at radius 3 is 2.50 bits per heavy atom. The summed E-state index contributed by atoms with van der Waals surface area (Å²) >= 11 is 0. The molecule has 3 aromatic carbocycles. The van der Waals surface area contributed by atoms with Gasteiger partial charge in [0, 0.05) is 24.5 Å². The van der Waals surface area contributed by atoms with Crippen molar-refractivity contribution in [2.75, 3.05) is 25.2 Å². The van der Waals surface area contributed by atoms with Gasteiger partial charge in [-0.1, -0.05) is 30.3 Å². The second kappa shape index (κ2) is 8.13. The highest BCUT2D eigenvalue weighted by atomic mass is 32.2. The lowest BCUT2D eigenvalue weighted by Crippen LogP contribution is -2.35. The number of rotatable bonds is 5. The number of fused-ring (bicyclic) bond motifs is 1. The molecule has 0 fully saturated rings. The zero-order valence-electron chi connectivity index (χ0n) is 17.5. The number of aryl methyl sites for hydroxylation is 1. The van der Waals surface area contributed by atoms with Gasteiger partial charge in [0.15, 0.2) is 0 Å². The Kier molecular flexibility index (Phi) is 5.54. The molecule has 0 spiro atoms. The average molecular weight is 423 g/mol. The van der Waals surface area contributed by atoms with Crippen molar-refractivity contribution >= 4 is 21.4 Å². The van der Waals surface area contributed by atoms with E-state index in [-0.39, 0.29) is 0 Å². The predicted molar refractivity (Wildman–Crippen MR) is 122 cm³/mol. The summed E-state index contributed by atoms with van der Waals surface area (Å²) in [5, 5.41) is 3.55. The van der Waals surface area contributed by atoms with Gasteiger partial charge in [-0.25, -0.2) is 8.42 Å². The molecule has 0 atom stereocenters. The van der Waals surface area contributed by atoms with E-state index < -0.39 is 10.0 Å². The summed E-state index contributed by atoms with van der Waals surface area (Å²) in [6.45, 7) is 3.04. The van der Waals surface area contributed by atoms with E-state index in [2.05, 4.69) is 48.6 Å². The normalized spacial score (nSPS) is 14.2. The molecule has 30 heavy (non-hydrogen) atoms. The quantitative estimate of drug-likeness (QED) is 0.646. The van der Waals surface area contributed by atoms with Crippen LogP contribution in [0, 0.1) is 6.92 Å². The second-order valence-corrected chi connectivity index (χ2v) is 9.66. The lowest BCUT2D eigenvalue weighted by atomic mass is 9.97. The molecule has 0 aliphatic carbocycles. The molecule has 5 nitrogen and oxygen atoms in total. The van der Waals surface area contributed by atoms with Crippen molar-refractivity contribution < 1.29 is 13.2 Å². The minimum atomic E-state index is -3.18. The minimum Gasteiger partial charge on any atom is -0.497 e. The van der Waals surface area contributed by atoms with E-state index in [0.29, 0.717) is 19.5 Å². The van der Waals surface area contributed by atoms with E-state index in [9.17, 15) is 8.42 Å². The molecule has 3 aromatic rings. The van der Waals surface area contributed by atoms with Gasteiger partial charge in [-0.05, 0) is 71.5 Å². The highest BCUT2D eigenvalue weighted by molar-refractivity contribution is 7.88. The fourth-order valence-corrected chi connectivity index (χ4v) is 4.72. The first-order valence-electron chi connectivity index (χ1n) is 9.93. The molecular formula is C24H26N2O3S. The van der Waals surface area contributed by atoms with Crippen LogP contribution >= 0.6 is 0 Å². The second-order valence-electron chi connectivity index (χ2n) is 7.67. The number of nitrogens with zero attached hydrogens (tertiary/aromatic N) is 1. The molecule has 0 radical (unpaired) electrons. The number of anilines is 2. The number of sulfonamides is 1. The zero-order chi connectivity index (χ0) is 21.3. The Morgan fingerprint density at radius 2 is 1.80 bits per heavy atom. The largest absolute Gasteiger partial charge is 0.497 e. The third-order valence-corrected chi connectivity index (χ3v) is 6.87. The number of hydrogen-bond donors (Lipinski definition) is 1. The Hall–Kier alpha value is -2.83. The van der Waals surface area contributed by atoms with Crippen LogP contribution in [0.2, 0.25) is 0 Å². The van der Waals surface area contributed by atoms with Gasteiger partial charge in [-0.3, -0.25) is 0 Å². The van der Waals surface area contributed by atoms with Crippen LogP contribution in [-0.2, 0) is 23.0 Å². The van der Waals surface area contributed by atoms with Crippen LogP contribution in [0.4, 0.5) is 11.4 Å². The van der Waals surface area contributed by atoms with E-state index in [4.69, 9.17) is 4.74 Å². The van der Waals surface area contributed by atoms with Crippen LogP contribution in [0.5, 0.6) is 5.75 Å². The van der Waals surface area contributed by atoms with Gasteiger partial charge < -0.3 is 10.1 Å². The van der Waals surface area contributed by atoms with Crippen molar-refractivity contribution in [3.8, 4) is 16.9 Å². The van der Waals surface area contributed by atoms with Crippen molar-refractivity contribution in [3.63, 3.8) is 0 Å². The summed E-state index contributed by atoms with van der Waals surface area (Å²) < 4.78 is 30.6. The first-order valence-corrected chi connectivity index (χ1v) is 11.8. The summed E-state index contributed by atoms with van der Waals surface area (Å²) in [6, 6.07) is 20.5. The van der Waals surface area contributed by atoms with E-state index in [0.717, 1.165) is 33.8 Å². The van der Waals surface area contributed by atoms with Gasteiger partial charge in [0.25, 0.3) is 0 Å². The van der Waals surface area contributed by atoms with Crippen LogP contribution in [0.15, 0.2) is 60.7 Å². The van der Waals surface area contributed by atoms with Crippen molar-refractivity contribution in [2.24, 2.45) is 0 Å². The number of ether oxygens (including phenoxy) is 1. The molecule has 0 aromatic heterocycles. The van der Waals surface area contributed by atoms with Gasteiger partial charge >= 0.3 is 0 Å². The fraction of sp³-hybridized carbons (Fsp3) is 0.250. The highest BCUT2D eigenvalue weighted by Gasteiger charge is 2.24.